The molecule has 2 aromatic rings. The molecular weight excluding hydrogens is 280 g/mol. The van der Waals surface area contributed by atoms with Gasteiger partial charge in [0.2, 0.25) is 12.7 Å². The van der Waals surface area contributed by atoms with Crippen LogP contribution in [-0.2, 0) is 0 Å². The summed E-state index contributed by atoms with van der Waals surface area (Å²) in [5.74, 6) is 0. The zero-order valence-corrected chi connectivity index (χ0v) is 13.7. The van der Waals surface area contributed by atoms with Crippen molar-refractivity contribution in [3.63, 3.8) is 0 Å². The highest BCUT2D eigenvalue weighted by Crippen LogP contribution is 2.39. The van der Waals surface area contributed by atoms with Gasteiger partial charge in [0.15, 0.2) is 0 Å². The van der Waals surface area contributed by atoms with E-state index in [1.807, 2.05) is 27.7 Å². The first kappa shape index (κ1) is 14.9. The van der Waals surface area contributed by atoms with Crippen LogP contribution in [-0.4, -0.2) is 9.13 Å². The lowest BCUT2D eigenvalue weighted by Crippen LogP contribution is -2.30. The van der Waals surface area contributed by atoms with E-state index in [9.17, 15) is 10.4 Å². The van der Waals surface area contributed by atoms with Gasteiger partial charge in [-0.25, -0.2) is 18.6 Å². The van der Waals surface area contributed by atoms with Gasteiger partial charge in [-0.2, -0.15) is 0 Å². The topological polar surface area (TPSA) is 63.7 Å². The van der Waals surface area contributed by atoms with Crippen molar-refractivity contribution in [3.05, 3.63) is 45.8 Å². The molecule has 2 aromatic heterocycles. The van der Waals surface area contributed by atoms with Crippen molar-refractivity contribution in [1.29, 1.82) is 0 Å². The maximum Gasteiger partial charge on any atom is 0.247 e. The van der Waals surface area contributed by atoms with Gasteiger partial charge in [-0.15, -0.1) is 0 Å². The summed E-state index contributed by atoms with van der Waals surface area (Å²) in [5, 5.41) is 23.8. The van der Waals surface area contributed by atoms with Crippen LogP contribution in [0, 0.1) is 38.1 Å². The van der Waals surface area contributed by atoms with Gasteiger partial charge in [-0.05, 0) is 25.7 Å². The Bertz CT molecular complexity index is 641. The van der Waals surface area contributed by atoms with Crippen molar-refractivity contribution in [2.45, 2.75) is 65.5 Å². The summed E-state index contributed by atoms with van der Waals surface area (Å²) in [6, 6.07) is 0.460. The molecule has 6 heteroatoms. The Hall–Kier alpha value is -1.98. The molecule has 6 nitrogen and oxygen atoms in total. The van der Waals surface area contributed by atoms with Crippen molar-refractivity contribution in [2.24, 2.45) is 0 Å². The third kappa shape index (κ3) is 2.17. The first-order valence-corrected chi connectivity index (χ1v) is 7.96. The first-order chi connectivity index (χ1) is 10.4. The fraction of sp³-hybridized carbons (Fsp3) is 0.625. The van der Waals surface area contributed by atoms with Crippen molar-refractivity contribution in [3.8, 4) is 0 Å². The highest BCUT2D eigenvalue weighted by molar-refractivity contribution is 5.09. The van der Waals surface area contributed by atoms with E-state index in [1.54, 1.807) is 12.7 Å². The summed E-state index contributed by atoms with van der Waals surface area (Å²) < 4.78 is 6.11. The molecule has 120 valence electrons. The zero-order valence-electron chi connectivity index (χ0n) is 13.7. The number of hydrogen-bond acceptors (Lipinski definition) is 2. The molecule has 2 atom stereocenters. The summed E-state index contributed by atoms with van der Waals surface area (Å²) in [7, 11) is 0. The van der Waals surface area contributed by atoms with E-state index < -0.39 is 0 Å². The SMILES string of the molecule is Cc1c(C)[n+]([O-])cn1[C@@H]1CCCC[C@H]1n1c[n+]([O-])c(C)c1C. The minimum atomic E-state index is 0.230. The standard InChI is InChI=1S/C16H24N4O2/c1-11-13(3)19(21)9-17(11)15-7-5-6-8-16(15)18-10-20(22)14(4)12(18)2/h9-10,15-16H,5-8H2,1-4H3/t15-,16-/m1/s1. The van der Waals surface area contributed by atoms with Gasteiger partial charge in [0.05, 0.1) is 0 Å². The van der Waals surface area contributed by atoms with Crippen molar-refractivity contribution in [1.82, 2.24) is 9.13 Å². The van der Waals surface area contributed by atoms with E-state index in [0.29, 0.717) is 0 Å². The monoisotopic (exact) mass is 304 g/mol. The third-order valence-corrected chi connectivity index (χ3v) is 5.35. The molecule has 3 rings (SSSR count). The van der Waals surface area contributed by atoms with Gasteiger partial charge in [-0.3, -0.25) is 0 Å². The molecule has 1 saturated carbocycles. The third-order valence-electron chi connectivity index (χ3n) is 5.35. The van der Waals surface area contributed by atoms with Crippen LogP contribution >= 0.6 is 0 Å². The quantitative estimate of drug-likeness (QED) is 0.630. The Labute approximate surface area is 130 Å². The smallest absolute Gasteiger partial charge is 0.247 e. The molecule has 0 aliphatic heterocycles. The molecular formula is C16H24N4O2. The van der Waals surface area contributed by atoms with Crippen LogP contribution in [0.2, 0.25) is 0 Å². The number of imidazole rings is 2. The molecule has 0 spiro atoms. The Kier molecular flexibility index (Phi) is 3.62. The van der Waals surface area contributed by atoms with E-state index in [4.69, 9.17) is 0 Å². The lowest BCUT2D eigenvalue weighted by atomic mass is 9.89. The lowest BCUT2D eigenvalue weighted by molar-refractivity contribution is -0.612. The minimum Gasteiger partial charge on any atom is -0.711 e. The first-order valence-electron chi connectivity index (χ1n) is 7.96. The molecule has 1 fully saturated rings. The van der Waals surface area contributed by atoms with E-state index >= 15 is 0 Å². The van der Waals surface area contributed by atoms with E-state index in [0.717, 1.165) is 57.9 Å². The second kappa shape index (κ2) is 5.34. The van der Waals surface area contributed by atoms with Crippen molar-refractivity contribution >= 4 is 0 Å². The van der Waals surface area contributed by atoms with Crippen LogP contribution in [0.1, 0.15) is 60.5 Å². The molecule has 0 unspecified atom stereocenters. The van der Waals surface area contributed by atoms with E-state index in [2.05, 4.69) is 9.13 Å². The maximum absolute atomic E-state index is 11.9. The largest absolute Gasteiger partial charge is 0.711 e. The molecule has 0 amide bonds. The van der Waals surface area contributed by atoms with Gasteiger partial charge >= 0.3 is 0 Å². The van der Waals surface area contributed by atoms with Crippen LogP contribution in [0.25, 0.3) is 0 Å². The average Bonchev–Trinajstić information content (AvgIpc) is 2.92. The Morgan fingerprint density at radius 2 is 1.18 bits per heavy atom. The van der Waals surface area contributed by atoms with Gasteiger partial charge in [0.25, 0.3) is 0 Å². The summed E-state index contributed by atoms with van der Waals surface area (Å²) >= 11 is 0. The van der Waals surface area contributed by atoms with Crippen LogP contribution in [0.15, 0.2) is 12.7 Å². The molecule has 0 bridgehead atoms. The predicted octanol–water partition coefficient (Wildman–Crippen LogP) is 2.15. The fourth-order valence-electron chi connectivity index (χ4n) is 3.67. The van der Waals surface area contributed by atoms with Crippen LogP contribution in [0.5, 0.6) is 0 Å². The molecule has 0 saturated heterocycles. The Morgan fingerprint density at radius 1 is 0.818 bits per heavy atom. The Morgan fingerprint density at radius 3 is 1.45 bits per heavy atom. The van der Waals surface area contributed by atoms with Gasteiger partial charge in [0.1, 0.15) is 34.9 Å². The molecule has 0 radical (unpaired) electrons. The minimum absolute atomic E-state index is 0.230. The highest BCUT2D eigenvalue weighted by Gasteiger charge is 2.37. The summed E-state index contributed by atoms with van der Waals surface area (Å²) in [4.78, 5) is 0. The number of nitrogens with zero attached hydrogens (tertiary/aromatic N) is 4. The second-order valence-electron chi connectivity index (χ2n) is 6.46. The van der Waals surface area contributed by atoms with E-state index in [1.165, 1.54) is 0 Å². The highest BCUT2D eigenvalue weighted by atomic mass is 16.5. The molecule has 1 aliphatic rings. The average molecular weight is 304 g/mol. The fourth-order valence-corrected chi connectivity index (χ4v) is 3.67. The van der Waals surface area contributed by atoms with Gasteiger partial charge in [0, 0.05) is 27.7 Å². The van der Waals surface area contributed by atoms with Crippen LogP contribution in [0.4, 0.5) is 0 Å². The summed E-state index contributed by atoms with van der Waals surface area (Å²) in [6.07, 6.45) is 7.71. The summed E-state index contributed by atoms with van der Waals surface area (Å²) in [5.41, 5.74) is 3.54. The second-order valence-corrected chi connectivity index (χ2v) is 6.46. The molecule has 2 heterocycles. The van der Waals surface area contributed by atoms with Crippen molar-refractivity contribution in [2.75, 3.05) is 0 Å². The molecule has 1 aliphatic carbocycles. The maximum atomic E-state index is 11.9. The predicted molar refractivity (Wildman–Crippen MR) is 82.3 cm³/mol. The molecule has 0 N–H and O–H groups in total. The number of aromatic nitrogens is 4. The molecule has 0 aromatic carbocycles. The number of hydrogen-bond donors (Lipinski definition) is 0. The molecule has 22 heavy (non-hydrogen) atoms. The normalized spacial score (nSPS) is 22.2. The summed E-state index contributed by atoms with van der Waals surface area (Å²) in [6.45, 7) is 7.70. The van der Waals surface area contributed by atoms with Crippen molar-refractivity contribution < 1.29 is 9.46 Å². The zero-order chi connectivity index (χ0) is 16.0. The van der Waals surface area contributed by atoms with Gasteiger partial charge < -0.3 is 10.4 Å². The Balaban J connectivity index is 2.04. The van der Waals surface area contributed by atoms with E-state index in [-0.39, 0.29) is 12.1 Å². The lowest BCUT2D eigenvalue weighted by Gasteiger charge is -2.28. The van der Waals surface area contributed by atoms with Crippen LogP contribution in [0.3, 0.4) is 0 Å². The number of rotatable bonds is 2. The van der Waals surface area contributed by atoms with Gasteiger partial charge in [-0.1, -0.05) is 0 Å². The van der Waals surface area contributed by atoms with Crippen LogP contribution < -0.4 is 9.46 Å².